The van der Waals surface area contributed by atoms with Crippen LogP contribution >= 0.6 is 0 Å². The van der Waals surface area contributed by atoms with Gasteiger partial charge in [0.1, 0.15) is 5.75 Å². The summed E-state index contributed by atoms with van der Waals surface area (Å²) in [5, 5.41) is 3.13. The minimum Gasteiger partial charge on any atom is -0.496 e. The Balaban J connectivity index is 1.28. The second-order valence-electron chi connectivity index (χ2n) is 11.9. The molecular formula is C30H32F5N3O3. The Morgan fingerprint density at radius 3 is 2.46 bits per heavy atom. The molecule has 6 nitrogen and oxygen atoms in total. The lowest BCUT2D eigenvalue weighted by Crippen LogP contribution is -2.70. The molecule has 1 aromatic heterocycles. The molecule has 6 rings (SSSR count). The smallest absolute Gasteiger partial charge is 0.416 e. The number of carbonyl (C=O) groups is 1. The SMILES string of the molecule is COc1cc(C)c2[nH]ccc2c1CN1CCC2(CC1c1ccc(C(=O)NC3(C(F)(F)F)COC3)cc1)CC(F)(F)C2. The molecule has 0 radical (unpaired) electrons. The van der Waals surface area contributed by atoms with Crippen LogP contribution in [0.15, 0.2) is 42.6 Å². The summed E-state index contributed by atoms with van der Waals surface area (Å²) in [5.74, 6) is -2.76. The second kappa shape index (κ2) is 9.69. The number of H-pyrrole nitrogens is 1. The number of carbonyl (C=O) groups excluding carboxylic acids is 1. The van der Waals surface area contributed by atoms with Crippen molar-refractivity contribution >= 4 is 16.8 Å². The molecule has 0 bridgehead atoms. The van der Waals surface area contributed by atoms with Gasteiger partial charge < -0.3 is 19.8 Å². The molecule has 1 unspecified atom stereocenters. The zero-order valence-electron chi connectivity index (χ0n) is 22.8. The lowest BCUT2D eigenvalue weighted by molar-refractivity contribution is -0.263. The fraction of sp³-hybridized carbons (Fsp3) is 0.500. The highest BCUT2D eigenvalue weighted by Gasteiger charge is 2.61. The largest absolute Gasteiger partial charge is 0.496 e. The van der Waals surface area contributed by atoms with Gasteiger partial charge in [0.15, 0.2) is 5.54 Å². The number of aromatic amines is 1. The van der Waals surface area contributed by atoms with Gasteiger partial charge in [-0.15, -0.1) is 0 Å². The molecule has 3 fully saturated rings. The highest BCUT2D eigenvalue weighted by Crippen LogP contribution is 2.60. The van der Waals surface area contributed by atoms with E-state index in [2.05, 4.69) is 15.2 Å². The van der Waals surface area contributed by atoms with Gasteiger partial charge in [0.2, 0.25) is 5.92 Å². The normalized spacial score (nSPS) is 23.1. The second-order valence-corrected chi connectivity index (χ2v) is 11.9. The van der Waals surface area contributed by atoms with Crippen LogP contribution in [0.25, 0.3) is 10.9 Å². The van der Waals surface area contributed by atoms with Gasteiger partial charge in [0.05, 0.1) is 20.3 Å². The summed E-state index contributed by atoms with van der Waals surface area (Å²) in [5.41, 5.74) is 1.10. The average molecular weight is 578 g/mol. The van der Waals surface area contributed by atoms with Crippen LogP contribution in [0.1, 0.15) is 58.8 Å². The number of fused-ring (bicyclic) bond motifs is 1. The molecule has 1 saturated carbocycles. The third-order valence-electron chi connectivity index (χ3n) is 9.11. The highest BCUT2D eigenvalue weighted by molar-refractivity contribution is 5.95. The Morgan fingerprint density at radius 1 is 1.17 bits per heavy atom. The molecule has 3 aliphatic rings. The van der Waals surface area contributed by atoms with E-state index in [0.29, 0.717) is 25.9 Å². The lowest BCUT2D eigenvalue weighted by Gasteiger charge is -2.54. The minimum absolute atomic E-state index is 0.0887. The molecule has 1 amide bonds. The number of hydrogen-bond donors (Lipinski definition) is 2. The van der Waals surface area contributed by atoms with Crippen molar-refractivity contribution in [3.63, 3.8) is 0 Å². The van der Waals surface area contributed by atoms with Gasteiger partial charge in [-0.3, -0.25) is 9.69 Å². The van der Waals surface area contributed by atoms with Crippen LogP contribution in [0.4, 0.5) is 22.0 Å². The van der Waals surface area contributed by atoms with Gasteiger partial charge in [-0.25, -0.2) is 8.78 Å². The zero-order chi connectivity index (χ0) is 29.2. The maximum Gasteiger partial charge on any atom is 0.416 e. The van der Waals surface area contributed by atoms with Gasteiger partial charge in [-0.05, 0) is 67.1 Å². The predicted octanol–water partition coefficient (Wildman–Crippen LogP) is 6.30. The number of hydrogen-bond acceptors (Lipinski definition) is 4. The molecule has 3 heterocycles. The van der Waals surface area contributed by atoms with E-state index >= 15 is 0 Å². The number of alkyl halides is 5. The van der Waals surface area contributed by atoms with Crippen molar-refractivity contribution in [2.45, 2.75) is 62.8 Å². The molecule has 220 valence electrons. The van der Waals surface area contributed by atoms with E-state index in [9.17, 15) is 26.7 Å². The number of ether oxygens (including phenoxy) is 2. The average Bonchev–Trinajstić information content (AvgIpc) is 3.37. The number of halogens is 5. The number of nitrogens with zero attached hydrogens (tertiary/aromatic N) is 1. The van der Waals surface area contributed by atoms with Gasteiger partial charge in [0, 0.05) is 53.7 Å². The van der Waals surface area contributed by atoms with Crippen LogP contribution < -0.4 is 10.1 Å². The monoisotopic (exact) mass is 577 g/mol. The Morgan fingerprint density at radius 2 is 1.88 bits per heavy atom. The van der Waals surface area contributed by atoms with E-state index in [1.165, 1.54) is 12.1 Å². The fourth-order valence-electron chi connectivity index (χ4n) is 6.81. The number of amides is 1. The number of benzene rings is 2. The summed E-state index contributed by atoms with van der Waals surface area (Å²) in [7, 11) is 1.62. The van der Waals surface area contributed by atoms with E-state index in [1.54, 1.807) is 19.2 Å². The number of methoxy groups -OCH3 is 1. The number of rotatable bonds is 6. The molecule has 3 aromatic rings. The topological polar surface area (TPSA) is 66.6 Å². The van der Waals surface area contributed by atoms with Crippen LogP contribution in [-0.2, 0) is 11.3 Å². The molecule has 2 aliphatic heterocycles. The van der Waals surface area contributed by atoms with Gasteiger partial charge in [-0.2, -0.15) is 13.2 Å². The number of nitrogens with one attached hydrogen (secondary N) is 2. The zero-order valence-corrected chi connectivity index (χ0v) is 22.8. The van der Waals surface area contributed by atoms with Crippen molar-refractivity contribution < 1.29 is 36.2 Å². The first kappa shape index (κ1) is 28.0. The minimum atomic E-state index is -4.63. The Hall–Kier alpha value is -3.18. The van der Waals surface area contributed by atoms with Crippen molar-refractivity contribution in [2.75, 3.05) is 26.9 Å². The first-order valence-corrected chi connectivity index (χ1v) is 13.7. The van der Waals surface area contributed by atoms with Crippen LogP contribution in [-0.4, -0.2) is 60.3 Å². The molecule has 11 heteroatoms. The van der Waals surface area contributed by atoms with E-state index in [1.807, 2.05) is 25.3 Å². The van der Waals surface area contributed by atoms with E-state index in [4.69, 9.17) is 9.47 Å². The number of aromatic nitrogens is 1. The first-order chi connectivity index (χ1) is 19.3. The van der Waals surface area contributed by atoms with Crippen molar-refractivity contribution in [3.05, 3.63) is 64.8 Å². The quantitative estimate of drug-likeness (QED) is 0.338. The Kier molecular flexibility index (Phi) is 6.61. The first-order valence-electron chi connectivity index (χ1n) is 13.7. The molecular weight excluding hydrogens is 545 g/mol. The van der Waals surface area contributed by atoms with E-state index in [0.717, 1.165) is 33.3 Å². The summed E-state index contributed by atoms with van der Waals surface area (Å²) in [6, 6.07) is 10.2. The van der Waals surface area contributed by atoms with Crippen molar-refractivity contribution in [1.29, 1.82) is 0 Å². The standard InChI is InChI=1S/C30H32F5N3O3/c1-18-11-24(40-2)22(21-7-9-36-25(18)21)13-38-10-8-27(14-29(31,32)15-27)12-23(38)19-3-5-20(6-4-19)26(39)37-28(16-41-17-28)30(33,34)35/h3-7,9,11,23,36H,8,10,12-17H2,1-2H3,(H,37,39). The van der Waals surface area contributed by atoms with Crippen LogP contribution in [0, 0.1) is 12.3 Å². The van der Waals surface area contributed by atoms with Crippen LogP contribution in [0.3, 0.4) is 0 Å². The third-order valence-corrected chi connectivity index (χ3v) is 9.11. The molecule has 2 N–H and O–H groups in total. The maximum atomic E-state index is 14.0. The number of likely N-dealkylation sites (tertiary alicyclic amines) is 1. The molecule has 1 spiro atoms. The Labute approximate surface area is 234 Å². The van der Waals surface area contributed by atoms with Gasteiger partial charge in [0.25, 0.3) is 5.91 Å². The lowest BCUT2D eigenvalue weighted by atomic mass is 9.59. The van der Waals surface area contributed by atoms with Crippen molar-refractivity contribution in [1.82, 2.24) is 15.2 Å². The van der Waals surface area contributed by atoms with Crippen LogP contribution in [0.5, 0.6) is 5.75 Å². The van der Waals surface area contributed by atoms with E-state index < -0.39 is 42.2 Å². The number of aryl methyl sites for hydroxylation is 1. The molecule has 41 heavy (non-hydrogen) atoms. The maximum absolute atomic E-state index is 14.0. The van der Waals surface area contributed by atoms with Gasteiger partial charge >= 0.3 is 6.18 Å². The Bertz CT molecular complexity index is 1450. The van der Waals surface area contributed by atoms with Crippen molar-refractivity contribution in [3.8, 4) is 5.75 Å². The predicted molar refractivity (Wildman–Crippen MR) is 142 cm³/mol. The summed E-state index contributed by atoms with van der Waals surface area (Å²) in [6.45, 7) is 1.87. The fourth-order valence-corrected chi connectivity index (χ4v) is 6.81. The van der Waals surface area contributed by atoms with E-state index in [-0.39, 0.29) is 24.4 Å². The number of piperidine rings is 1. The van der Waals surface area contributed by atoms with Gasteiger partial charge in [-0.1, -0.05) is 12.1 Å². The summed E-state index contributed by atoms with van der Waals surface area (Å²) < 4.78 is 79.1. The highest BCUT2D eigenvalue weighted by atomic mass is 19.4. The summed E-state index contributed by atoms with van der Waals surface area (Å²) >= 11 is 0. The third kappa shape index (κ3) is 4.86. The summed E-state index contributed by atoms with van der Waals surface area (Å²) in [4.78, 5) is 18.3. The van der Waals surface area contributed by atoms with Crippen LogP contribution in [0.2, 0.25) is 0 Å². The molecule has 2 aromatic carbocycles. The molecule has 1 aliphatic carbocycles. The molecule has 1 atom stereocenters. The molecule has 2 saturated heterocycles. The van der Waals surface area contributed by atoms with Crippen molar-refractivity contribution in [2.24, 2.45) is 5.41 Å². The summed E-state index contributed by atoms with van der Waals surface area (Å²) in [6.07, 6.45) is -1.89.